The fourth-order valence-corrected chi connectivity index (χ4v) is 1.32. The van der Waals surface area contributed by atoms with Gasteiger partial charge in [0.2, 0.25) is 0 Å². The molecule has 0 radical (unpaired) electrons. The maximum atomic E-state index is 12.0. The van der Waals surface area contributed by atoms with Crippen molar-refractivity contribution in [3.63, 3.8) is 0 Å². The third kappa shape index (κ3) is 5.46. The van der Waals surface area contributed by atoms with Gasteiger partial charge in [-0.15, -0.1) is 0 Å². The van der Waals surface area contributed by atoms with Crippen LogP contribution in [0.5, 0.6) is 0 Å². The summed E-state index contributed by atoms with van der Waals surface area (Å²) >= 11 is 0. The summed E-state index contributed by atoms with van der Waals surface area (Å²) in [6, 6.07) is 6.16. The van der Waals surface area contributed by atoms with Gasteiger partial charge in [-0.1, -0.05) is 26.0 Å². The summed E-state index contributed by atoms with van der Waals surface area (Å²) < 4.78 is 0. The van der Waals surface area contributed by atoms with Crippen molar-refractivity contribution in [3.05, 3.63) is 35.4 Å². The Hall–Kier alpha value is -1.92. The molecule has 0 aliphatic carbocycles. The lowest BCUT2D eigenvalue weighted by Gasteiger charge is -2.12. The molecule has 0 saturated heterocycles. The third-order valence-corrected chi connectivity index (χ3v) is 3.09. The van der Waals surface area contributed by atoms with E-state index in [4.69, 9.17) is 19.6 Å². The molecule has 1 rings (SSSR count). The van der Waals surface area contributed by atoms with Crippen LogP contribution in [0.3, 0.4) is 0 Å². The minimum atomic E-state index is -0.753. The summed E-state index contributed by atoms with van der Waals surface area (Å²) in [5.41, 5.74) is 0.118. The summed E-state index contributed by atoms with van der Waals surface area (Å²) in [5, 5.41) is 0. The Morgan fingerprint density at radius 2 is 1.23 bits per heavy atom. The molecule has 0 aliphatic rings. The van der Waals surface area contributed by atoms with Crippen molar-refractivity contribution in [1.29, 1.82) is 0 Å². The average molecular weight is 310 g/mol. The van der Waals surface area contributed by atoms with Crippen molar-refractivity contribution in [1.82, 2.24) is 0 Å². The first-order valence-corrected chi connectivity index (χ1v) is 7.33. The van der Waals surface area contributed by atoms with E-state index in [1.807, 2.05) is 13.8 Å². The summed E-state index contributed by atoms with van der Waals surface area (Å²) in [6.45, 7) is 7.34. The lowest BCUT2D eigenvalue weighted by Crippen LogP contribution is -2.18. The fraction of sp³-hybridized carbons (Fsp3) is 0.500. The topological polar surface area (TPSA) is 71.1 Å². The smallest absolute Gasteiger partial charge is 0.293 e. The molecule has 0 amide bonds. The predicted octanol–water partition coefficient (Wildman–Crippen LogP) is 3.46. The lowest BCUT2D eigenvalue weighted by atomic mass is 10.1. The molecule has 2 unspecified atom stereocenters. The second kappa shape index (κ2) is 9.17. The van der Waals surface area contributed by atoms with E-state index < -0.39 is 11.9 Å². The second-order valence-corrected chi connectivity index (χ2v) is 4.92. The number of hydrogen-bond donors (Lipinski definition) is 0. The van der Waals surface area contributed by atoms with Crippen molar-refractivity contribution < 1.29 is 29.1 Å². The van der Waals surface area contributed by atoms with E-state index in [2.05, 4.69) is 0 Å². The molecule has 1 aromatic rings. The molecular weight excluding hydrogens is 288 g/mol. The zero-order valence-electron chi connectivity index (χ0n) is 13.3. The van der Waals surface area contributed by atoms with E-state index in [0.717, 1.165) is 0 Å². The number of carbonyl (C=O) groups is 2. The molecule has 1 aromatic carbocycles. The first kappa shape index (κ1) is 18.1. The van der Waals surface area contributed by atoms with Crippen LogP contribution in [0.25, 0.3) is 0 Å². The van der Waals surface area contributed by atoms with Gasteiger partial charge in [-0.25, -0.2) is 9.59 Å². The molecule has 2 atom stereocenters. The summed E-state index contributed by atoms with van der Waals surface area (Å²) in [7, 11) is 0. The van der Waals surface area contributed by atoms with Gasteiger partial charge < -0.3 is 0 Å². The van der Waals surface area contributed by atoms with Gasteiger partial charge in [-0.3, -0.25) is 9.78 Å². The number of rotatable bonds is 8. The van der Waals surface area contributed by atoms with Crippen LogP contribution in [0.15, 0.2) is 24.3 Å². The van der Waals surface area contributed by atoms with Gasteiger partial charge in [0, 0.05) is 0 Å². The minimum absolute atomic E-state index is 0.0588. The van der Waals surface area contributed by atoms with Crippen LogP contribution in [0.4, 0.5) is 0 Å². The van der Waals surface area contributed by atoms with Crippen LogP contribution in [-0.2, 0) is 19.6 Å². The highest BCUT2D eigenvalue weighted by Crippen LogP contribution is 2.14. The average Bonchev–Trinajstić information content (AvgIpc) is 2.56. The Bertz CT molecular complexity index is 454. The third-order valence-electron chi connectivity index (χ3n) is 3.09. The predicted molar refractivity (Wildman–Crippen MR) is 78.9 cm³/mol. The summed E-state index contributed by atoms with van der Waals surface area (Å²) in [5.74, 6) is -1.51. The number of hydrogen-bond acceptors (Lipinski definition) is 6. The van der Waals surface area contributed by atoms with Crippen LogP contribution in [0.1, 0.15) is 61.3 Å². The lowest BCUT2D eigenvalue weighted by molar-refractivity contribution is -0.271. The normalized spacial score (nSPS) is 13.3. The highest BCUT2D eigenvalue weighted by atomic mass is 17.2. The van der Waals surface area contributed by atoms with Crippen molar-refractivity contribution in [2.75, 3.05) is 0 Å². The van der Waals surface area contributed by atoms with E-state index in [-0.39, 0.29) is 23.3 Å². The van der Waals surface area contributed by atoms with Gasteiger partial charge >= 0.3 is 11.9 Å². The van der Waals surface area contributed by atoms with Crippen LogP contribution in [0.2, 0.25) is 0 Å². The van der Waals surface area contributed by atoms with Gasteiger partial charge in [0.25, 0.3) is 0 Å². The van der Waals surface area contributed by atoms with Crippen molar-refractivity contribution in [2.45, 2.75) is 52.7 Å². The van der Waals surface area contributed by atoms with Gasteiger partial charge in [0.1, 0.15) is 12.2 Å². The van der Waals surface area contributed by atoms with Crippen molar-refractivity contribution in [3.8, 4) is 0 Å². The van der Waals surface area contributed by atoms with Crippen LogP contribution < -0.4 is 0 Å². The molecule has 0 bridgehead atoms. The minimum Gasteiger partial charge on any atom is -0.293 e. The number of carbonyl (C=O) groups excluding carboxylic acids is 2. The molecule has 122 valence electrons. The molecule has 22 heavy (non-hydrogen) atoms. The first-order chi connectivity index (χ1) is 10.5. The van der Waals surface area contributed by atoms with Crippen LogP contribution in [0, 0.1) is 0 Å². The van der Waals surface area contributed by atoms with Crippen molar-refractivity contribution in [2.24, 2.45) is 0 Å². The SMILES string of the molecule is CCC(C)OOC(=O)c1ccccc1C(=O)OOC(C)CC. The summed E-state index contributed by atoms with van der Waals surface area (Å²) in [6.07, 6.45) is 0.938. The van der Waals surface area contributed by atoms with E-state index in [1.165, 1.54) is 12.1 Å². The molecule has 0 aliphatic heterocycles. The van der Waals surface area contributed by atoms with E-state index in [9.17, 15) is 9.59 Å². The Balaban J connectivity index is 2.76. The largest absolute Gasteiger partial charge is 0.373 e. The molecule has 0 heterocycles. The first-order valence-electron chi connectivity index (χ1n) is 7.33. The quantitative estimate of drug-likeness (QED) is 0.541. The monoisotopic (exact) mass is 310 g/mol. The fourth-order valence-electron chi connectivity index (χ4n) is 1.32. The molecule has 0 aromatic heterocycles. The molecule has 6 heteroatoms. The van der Waals surface area contributed by atoms with Gasteiger partial charge in [-0.05, 0) is 38.8 Å². The molecule has 0 spiro atoms. The Morgan fingerprint density at radius 1 is 0.864 bits per heavy atom. The zero-order valence-corrected chi connectivity index (χ0v) is 13.3. The summed E-state index contributed by atoms with van der Waals surface area (Å²) in [4.78, 5) is 43.3. The van der Waals surface area contributed by atoms with Gasteiger partial charge in [0.15, 0.2) is 0 Å². The Morgan fingerprint density at radius 3 is 1.55 bits per heavy atom. The standard InChI is InChI=1S/C16H22O6/c1-5-11(3)19-21-15(17)13-9-7-8-10-14(13)16(18)22-20-12(4)6-2/h7-12H,5-6H2,1-4H3. The van der Waals surface area contributed by atoms with Gasteiger partial charge in [-0.2, -0.15) is 9.78 Å². The molecule has 0 fully saturated rings. The second-order valence-electron chi connectivity index (χ2n) is 4.92. The molecule has 6 nitrogen and oxygen atoms in total. The van der Waals surface area contributed by atoms with Crippen LogP contribution >= 0.6 is 0 Å². The molecule has 0 saturated carbocycles. The van der Waals surface area contributed by atoms with Crippen molar-refractivity contribution >= 4 is 11.9 Å². The number of benzene rings is 1. The molecular formula is C16H22O6. The highest BCUT2D eigenvalue weighted by molar-refractivity contribution is 6.02. The van der Waals surface area contributed by atoms with E-state index >= 15 is 0 Å². The van der Waals surface area contributed by atoms with E-state index in [1.54, 1.807) is 26.0 Å². The maximum absolute atomic E-state index is 12.0. The van der Waals surface area contributed by atoms with E-state index in [0.29, 0.717) is 12.8 Å². The maximum Gasteiger partial charge on any atom is 0.373 e. The Labute approximate surface area is 130 Å². The highest BCUT2D eigenvalue weighted by Gasteiger charge is 2.21. The van der Waals surface area contributed by atoms with Gasteiger partial charge in [0.05, 0.1) is 11.1 Å². The zero-order chi connectivity index (χ0) is 16.5. The molecule has 0 N–H and O–H groups in total. The van der Waals surface area contributed by atoms with Crippen LogP contribution in [-0.4, -0.2) is 24.1 Å². The Kier molecular flexibility index (Phi) is 7.56.